The molecule has 24 heavy (non-hydrogen) atoms. The predicted octanol–water partition coefficient (Wildman–Crippen LogP) is 2.16. The first-order valence-electron chi connectivity index (χ1n) is 7.62. The molecule has 1 amide bonds. The third-order valence-corrected chi connectivity index (χ3v) is 3.45. The highest BCUT2D eigenvalue weighted by molar-refractivity contribution is 5.92. The fraction of sp³-hybridized carbons (Fsp3) is 0.211. The summed E-state index contributed by atoms with van der Waals surface area (Å²) in [6.45, 7) is 0.996. The number of rotatable bonds is 7. The highest BCUT2D eigenvalue weighted by atomic mass is 16.5. The fourth-order valence-corrected chi connectivity index (χ4v) is 2.17. The SMILES string of the molecule is CC(=O)[C@@H](Cc1ccccc1)NC(=O)COC(=O)c1ccccc1. The molecule has 2 aromatic rings. The minimum atomic E-state index is -0.643. The Morgan fingerprint density at radius 3 is 2.12 bits per heavy atom. The molecule has 0 radical (unpaired) electrons. The second kappa shape index (κ2) is 8.62. The van der Waals surface area contributed by atoms with Crippen LogP contribution >= 0.6 is 0 Å². The van der Waals surface area contributed by atoms with Crippen molar-refractivity contribution in [2.45, 2.75) is 19.4 Å². The Morgan fingerprint density at radius 1 is 0.958 bits per heavy atom. The molecule has 0 saturated heterocycles. The molecule has 0 aliphatic heterocycles. The van der Waals surface area contributed by atoms with Crippen LogP contribution in [0.1, 0.15) is 22.8 Å². The van der Waals surface area contributed by atoms with E-state index in [0.29, 0.717) is 12.0 Å². The number of nitrogens with one attached hydrogen (secondary N) is 1. The minimum absolute atomic E-state index is 0.151. The van der Waals surface area contributed by atoms with Crippen molar-refractivity contribution in [2.75, 3.05) is 6.61 Å². The summed E-state index contributed by atoms with van der Waals surface area (Å²) in [6, 6.07) is 17.2. The first kappa shape index (κ1) is 17.4. The van der Waals surface area contributed by atoms with Gasteiger partial charge in [-0.1, -0.05) is 48.5 Å². The average Bonchev–Trinajstić information content (AvgIpc) is 2.60. The molecule has 5 heteroatoms. The third kappa shape index (κ3) is 5.35. The fourth-order valence-electron chi connectivity index (χ4n) is 2.17. The van der Waals surface area contributed by atoms with E-state index in [1.807, 2.05) is 30.3 Å². The van der Waals surface area contributed by atoms with Gasteiger partial charge in [-0.15, -0.1) is 0 Å². The minimum Gasteiger partial charge on any atom is -0.452 e. The van der Waals surface area contributed by atoms with Crippen LogP contribution in [0.3, 0.4) is 0 Å². The second-order valence-corrected chi connectivity index (χ2v) is 5.36. The van der Waals surface area contributed by atoms with Crippen LogP contribution < -0.4 is 5.32 Å². The highest BCUT2D eigenvalue weighted by Crippen LogP contribution is 2.05. The number of carbonyl (C=O) groups is 3. The number of ether oxygens (including phenoxy) is 1. The molecule has 1 N–H and O–H groups in total. The number of hydrogen-bond acceptors (Lipinski definition) is 4. The molecule has 0 unspecified atom stereocenters. The Hall–Kier alpha value is -2.95. The molecule has 0 bridgehead atoms. The Bertz CT molecular complexity index is 698. The van der Waals surface area contributed by atoms with E-state index in [-0.39, 0.29) is 5.78 Å². The maximum absolute atomic E-state index is 11.9. The second-order valence-electron chi connectivity index (χ2n) is 5.36. The van der Waals surface area contributed by atoms with Gasteiger partial charge in [-0.05, 0) is 31.0 Å². The largest absolute Gasteiger partial charge is 0.452 e. The first-order chi connectivity index (χ1) is 11.6. The van der Waals surface area contributed by atoms with Crippen molar-refractivity contribution in [1.82, 2.24) is 5.32 Å². The van der Waals surface area contributed by atoms with Crippen LogP contribution in [0.2, 0.25) is 0 Å². The Kier molecular flexibility index (Phi) is 6.25. The van der Waals surface area contributed by atoms with E-state index in [1.54, 1.807) is 30.3 Å². The van der Waals surface area contributed by atoms with Crippen LogP contribution in [0.5, 0.6) is 0 Å². The van der Waals surface area contributed by atoms with E-state index in [2.05, 4.69) is 5.32 Å². The molecule has 0 aromatic heterocycles. The molecule has 124 valence electrons. The quantitative estimate of drug-likeness (QED) is 0.792. The number of carbonyl (C=O) groups excluding carboxylic acids is 3. The van der Waals surface area contributed by atoms with E-state index in [0.717, 1.165) is 5.56 Å². The van der Waals surface area contributed by atoms with Gasteiger partial charge in [0.15, 0.2) is 12.4 Å². The van der Waals surface area contributed by atoms with Gasteiger partial charge in [0.05, 0.1) is 11.6 Å². The number of amides is 1. The van der Waals surface area contributed by atoms with E-state index >= 15 is 0 Å². The molecule has 0 aliphatic rings. The molecule has 5 nitrogen and oxygen atoms in total. The zero-order valence-electron chi connectivity index (χ0n) is 13.4. The first-order valence-corrected chi connectivity index (χ1v) is 7.62. The Morgan fingerprint density at radius 2 is 1.54 bits per heavy atom. The standard InChI is InChI=1S/C19H19NO4/c1-14(21)17(12-15-8-4-2-5-9-15)20-18(22)13-24-19(23)16-10-6-3-7-11-16/h2-11,17H,12-13H2,1H3,(H,20,22)/t17-/m1/s1. The van der Waals surface area contributed by atoms with Crippen LogP contribution in [0.4, 0.5) is 0 Å². The molecule has 0 spiro atoms. The third-order valence-electron chi connectivity index (χ3n) is 3.45. The summed E-state index contributed by atoms with van der Waals surface area (Å²) >= 11 is 0. The van der Waals surface area contributed by atoms with Crippen molar-refractivity contribution < 1.29 is 19.1 Å². The summed E-state index contributed by atoms with van der Waals surface area (Å²) in [5, 5.41) is 2.61. The lowest BCUT2D eigenvalue weighted by Crippen LogP contribution is -2.43. The van der Waals surface area contributed by atoms with Crippen LogP contribution in [0, 0.1) is 0 Å². The van der Waals surface area contributed by atoms with Gasteiger partial charge in [-0.25, -0.2) is 4.79 Å². The molecular weight excluding hydrogens is 306 g/mol. The number of ketones is 1. The Labute approximate surface area is 140 Å². The lowest BCUT2D eigenvalue weighted by molar-refractivity contribution is -0.128. The van der Waals surface area contributed by atoms with Crippen molar-refractivity contribution in [1.29, 1.82) is 0 Å². The number of esters is 1. The van der Waals surface area contributed by atoms with Gasteiger partial charge in [0.25, 0.3) is 5.91 Å². The van der Waals surface area contributed by atoms with Crippen LogP contribution in [-0.4, -0.2) is 30.3 Å². The predicted molar refractivity (Wildman–Crippen MR) is 89.5 cm³/mol. The van der Waals surface area contributed by atoms with E-state index in [1.165, 1.54) is 6.92 Å². The van der Waals surface area contributed by atoms with Crippen LogP contribution in [0.25, 0.3) is 0 Å². The van der Waals surface area contributed by atoms with Gasteiger partial charge >= 0.3 is 5.97 Å². The molecule has 0 fully saturated rings. The highest BCUT2D eigenvalue weighted by Gasteiger charge is 2.18. The smallest absolute Gasteiger partial charge is 0.338 e. The van der Waals surface area contributed by atoms with Gasteiger partial charge in [0.2, 0.25) is 0 Å². The number of Topliss-reactive ketones (excluding diaryl/α,β-unsaturated/α-hetero) is 1. The summed E-state index contributed by atoms with van der Waals surface area (Å²) in [4.78, 5) is 35.5. The lowest BCUT2D eigenvalue weighted by atomic mass is 10.0. The maximum Gasteiger partial charge on any atom is 0.338 e. The van der Waals surface area contributed by atoms with Gasteiger partial charge in [0, 0.05) is 0 Å². The van der Waals surface area contributed by atoms with Crippen molar-refractivity contribution in [2.24, 2.45) is 0 Å². The normalized spacial score (nSPS) is 11.4. The molecule has 0 aliphatic carbocycles. The summed E-state index contributed by atoms with van der Waals surface area (Å²) < 4.78 is 4.96. The van der Waals surface area contributed by atoms with E-state index in [4.69, 9.17) is 4.74 Å². The van der Waals surface area contributed by atoms with Gasteiger partial charge in [-0.2, -0.15) is 0 Å². The zero-order valence-corrected chi connectivity index (χ0v) is 13.4. The monoisotopic (exact) mass is 325 g/mol. The summed E-state index contributed by atoms with van der Waals surface area (Å²) in [7, 11) is 0. The van der Waals surface area contributed by atoms with Gasteiger partial charge < -0.3 is 10.1 Å². The van der Waals surface area contributed by atoms with Crippen molar-refractivity contribution in [3.63, 3.8) is 0 Å². The van der Waals surface area contributed by atoms with Crippen LogP contribution in [0.15, 0.2) is 60.7 Å². The number of benzene rings is 2. The molecule has 0 saturated carbocycles. The summed E-state index contributed by atoms with van der Waals surface area (Å²) in [6.07, 6.45) is 0.397. The van der Waals surface area contributed by atoms with Crippen molar-refractivity contribution >= 4 is 17.7 Å². The topological polar surface area (TPSA) is 72.5 Å². The number of hydrogen-bond donors (Lipinski definition) is 1. The van der Waals surface area contributed by atoms with Crippen molar-refractivity contribution in [3.8, 4) is 0 Å². The van der Waals surface area contributed by atoms with Crippen molar-refractivity contribution in [3.05, 3.63) is 71.8 Å². The maximum atomic E-state index is 11.9. The summed E-state index contributed by atoms with van der Waals surface area (Å²) in [5.41, 5.74) is 1.32. The Balaban J connectivity index is 1.87. The van der Waals surface area contributed by atoms with Gasteiger partial charge in [0.1, 0.15) is 0 Å². The molecule has 0 heterocycles. The molecular formula is C19H19NO4. The van der Waals surface area contributed by atoms with Crippen LogP contribution in [-0.2, 0) is 20.7 Å². The summed E-state index contributed by atoms with van der Waals surface area (Å²) in [5.74, 6) is -1.23. The zero-order chi connectivity index (χ0) is 17.4. The molecule has 2 aromatic carbocycles. The van der Waals surface area contributed by atoms with E-state index in [9.17, 15) is 14.4 Å². The molecule has 1 atom stereocenters. The van der Waals surface area contributed by atoms with Gasteiger partial charge in [-0.3, -0.25) is 9.59 Å². The average molecular weight is 325 g/mol. The lowest BCUT2D eigenvalue weighted by Gasteiger charge is -2.16. The van der Waals surface area contributed by atoms with E-state index < -0.39 is 24.5 Å². The molecule has 2 rings (SSSR count).